The van der Waals surface area contributed by atoms with E-state index in [0.717, 1.165) is 17.8 Å². The minimum absolute atomic E-state index is 0.150. The molecule has 0 saturated carbocycles. The van der Waals surface area contributed by atoms with Crippen molar-refractivity contribution in [1.82, 2.24) is 0 Å². The first-order valence-corrected chi connectivity index (χ1v) is 6.73. The Balaban J connectivity index is 3.32. The Morgan fingerprint density at radius 3 is 2.33 bits per heavy atom. The molecule has 0 aliphatic heterocycles. The fourth-order valence-corrected chi connectivity index (χ4v) is 2.23. The lowest BCUT2D eigenvalue weighted by Gasteiger charge is -2.12. The predicted octanol–water partition coefficient (Wildman–Crippen LogP) is 3.16. The Morgan fingerprint density at radius 2 is 1.93 bits per heavy atom. The first-order valence-electron chi connectivity index (χ1n) is 3.95. The molecule has 0 spiro atoms. The molecule has 1 nitrogen and oxygen atoms in total. The summed E-state index contributed by atoms with van der Waals surface area (Å²) in [6.45, 7) is 0. The maximum absolute atomic E-state index is 12.6. The van der Waals surface area contributed by atoms with Gasteiger partial charge in [-0.05, 0) is 24.5 Å². The number of benzene rings is 1. The summed E-state index contributed by atoms with van der Waals surface area (Å²) in [5.41, 5.74) is -0.720. The Labute approximate surface area is 92.5 Å². The maximum atomic E-state index is 12.6. The van der Waals surface area contributed by atoms with Crippen molar-refractivity contribution in [3.8, 4) is 0 Å². The molecule has 1 aromatic carbocycles. The second-order valence-electron chi connectivity index (χ2n) is 2.81. The van der Waals surface area contributed by atoms with Crippen molar-refractivity contribution in [2.75, 3.05) is 12.5 Å². The fourth-order valence-electron chi connectivity index (χ4n) is 1.09. The Bertz CT molecular complexity index is 387. The van der Waals surface area contributed by atoms with Crippen LogP contribution in [0.25, 0.3) is 0 Å². The van der Waals surface area contributed by atoms with E-state index in [1.165, 1.54) is 18.4 Å². The van der Waals surface area contributed by atoms with Crippen LogP contribution in [0.4, 0.5) is 13.2 Å². The van der Waals surface area contributed by atoms with Crippen LogP contribution < -0.4 is 0 Å². The molecule has 6 heteroatoms. The molecule has 15 heavy (non-hydrogen) atoms. The van der Waals surface area contributed by atoms with Crippen LogP contribution in [0.15, 0.2) is 28.0 Å². The summed E-state index contributed by atoms with van der Waals surface area (Å²) in [7, 11) is -1.39. The predicted molar refractivity (Wildman–Crippen MR) is 55.6 cm³/mol. The van der Waals surface area contributed by atoms with Gasteiger partial charge >= 0.3 is 6.18 Å². The van der Waals surface area contributed by atoms with Crippen LogP contribution in [0.5, 0.6) is 0 Å². The quantitative estimate of drug-likeness (QED) is 0.754. The lowest BCUT2D eigenvalue weighted by molar-refractivity contribution is -0.139. The van der Waals surface area contributed by atoms with Gasteiger partial charge in [-0.25, -0.2) is 0 Å². The molecule has 0 aromatic heterocycles. The van der Waals surface area contributed by atoms with E-state index in [0.29, 0.717) is 0 Å². The average Bonchev–Trinajstić information content (AvgIpc) is 2.15. The van der Waals surface area contributed by atoms with E-state index >= 15 is 0 Å². The topological polar surface area (TPSA) is 17.1 Å². The molecule has 0 amide bonds. The molecule has 1 aromatic rings. The van der Waals surface area contributed by atoms with Crippen molar-refractivity contribution in [1.29, 1.82) is 0 Å². The fraction of sp³-hybridized carbons (Fsp3) is 0.333. The lowest BCUT2D eigenvalue weighted by atomic mass is 10.2. The molecule has 0 fully saturated rings. The molecule has 0 N–H and O–H groups in total. The monoisotopic (exact) mass is 254 g/mol. The molecule has 1 rings (SSSR count). The zero-order valence-corrected chi connectivity index (χ0v) is 9.72. The lowest BCUT2D eigenvalue weighted by Crippen LogP contribution is -2.07. The highest BCUT2D eigenvalue weighted by Gasteiger charge is 2.33. The normalized spacial score (nSPS) is 13.9. The number of alkyl halides is 3. The Kier molecular flexibility index (Phi) is 3.83. The summed E-state index contributed by atoms with van der Waals surface area (Å²) >= 11 is 1.02. The van der Waals surface area contributed by atoms with Gasteiger partial charge in [-0.3, -0.25) is 4.21 Å². The van der Waals surface area contributed by atoms with Gasteiger partial charge in [-0.2, -0.15) is 13.2 Å². The van der Waals surface area contributed by atoms with Gasteiger partial charge in [0.1, 0.15) is 0 Å². The zero-order valence-electron chi connectivity index (χ0n) is 8.09. The van der Waals surface area contributed by atoms with Crippen molar-refractivity contribution < 1.29 is 17.4 Å². The highest BCUT2D eigenvalue weighted by Crippen LogP contribution is 2.36. The number of hydrogen-bond acceptors (Lipinski definition) is 2. The molecule has 84 valence electrons. The molecule has 0 saturated heterocycles. The molecule has 0 aliphatic carbocycles. The first-order chi connectivity index (χ1) is 6.86. The molecule has 0 aliphatic rings. The molecular formula is C9H9F3OS2. The summed E-state index contributed by atoms with van der Waals surface area (Å²) < 4.78 is 48.8. The van der Waals surface area contributed by atoms with Crippen molar-refractivity contribution in [3.63, 3.8) is 0 Å². The molecule has 0 radical (unpaired) electrons. The van der Waals surface area contributed by atoms with E-state index in [-0.39, 0.29) is 9.79 Å². The van der Waals surface area contributed by atoms with Crippen molar-refractivity contribution in [2.24, 2.45) is 0 Å². The first kappa shape index (κ1) is 12.6. The van der Waals surface area contributed by atoms with Crippen LogP contribution in [0.1, 0.15) is 5.56 Å². The highest BCUT2D eigenvalue weighted by atomic mass is 32.2. The van der Waals surface area contributed by atoms with Gasteiger partial charge in [0.25, 0.3) is 0 Å². The number of hydrogen-bond donors (Lipinski definition) is 0. The van der Waals surface area contributed by atoms with Gasteiger partial charge in [0.2, 0.25) is 0 Å². The summed E-state index contributed by atoms with van der Waals surface area (Å²) in [6.07, 6.45) is -1.46. The molecule has 1 unspecified atom stereocenters. The van der Waals surface area contributed by atoms with Crippen LogP contribution in [0, 0.1) is 0 Å². The van der Waals surface area contributed by atoms with E-state index in [1.54, 1.807) is 6.26 Å². The number of thioether (sulfide) groups is 1. The van der Waals surface area contributed by atoms with Crippen LogP contribution in [-0.2, 0) is 17.0 Å². The van der Waals surface area contributed by atoms with E-state index in [4.69, 9.17) is 0 Å². The third-order valence-corrected chi connectivity index (χ3v) is 3.52. The Morgan fingerprint density at radius 1 is 1.33 bits per heavy atom. The summed E-state index contributed by atoms with van der Waals surface area (Å²) in [5.74, 6) is 0. The van der Waals surface area contributed by atoms with Crippen molar-refractivity contribution in [3.05, 3.63) is 23.8 Å². The van der Waals surface area contributed by atoms with Gasteiger partial charge < -0.3 is 0 Å². The minimum atomic E-state index is -4.40. The van der Waals surface area contributed by atoms with Crippen molar-refractivity contribution in [2.45, 2.75) is 16.0 Å². The van der Waals surface area contributed by atoms with Crippen molar-refractivity contribution >= 4 is 22.6 Å². The van der Waals surface area contributed by atoms with E-state index in [9.17, 15) is 17.4 Å². The van der Waals surface area contributed by atoms with Gasteiger partial charge in [-0.1, -0.05) is 0 Å². The summed E-state index contributed by atoms with van der Waals surface area (Å²) in [4.78, 5) is 0.344. The van der Waals surface area contributed by atoms with Gasteiger partial charge in [0, 0.05) is 26.8 Å². The smallest absolute Gasteiger partial charge is 0.255 e. The van der Waals surface area contributed by atoms with E-state index in [1.807, 2.05) is 0 Å². The number of rotatable bonds is 2. The van der Waals surface area contributed by atoms with Crippen LogP contribution in [-0.4, -0.2) is 16.7 Å². The molecule has 0 heterocycles. The second kappa shape index (κ2) is 4.57. The zero-order chi connectivity index (χ0) is 11.6. The van der Waals surface area contributed by atoms with Gasteiger partial charge in [0.05, 0.1) is 5.56 Å². The molecule has 0 bridgehead atoms. The highest BCUT2D eigenvalue weighted by molar-refractivity contribution is 7.98. The van der Waals surface area contributed by atoms with E-state index < -0.39 is 22.5 Å². The second-order valence-corrected chi connectivity index (χ2v) is 5.04. The molecular weight excluding hydrogens is 245 g/mol. The standard InChI is InChI=1S/C9H9F3OS2/c1-14-8-4-3-6(15(2)13)5-7(8)9(10,11)12/h3-5H,1-2H3. The van der Waals surface area contributed by atoms with Crippen LogP contribution >= 0.6 is 11.8 Å². The summed E-state index contributed by atoms with van der Waals surface area (Å²) in [6, 6.07) is 3.75. The average molecular weight is 254 g/mol. The summed E-state index contributed by atoms with van der Waals surface area (Å²) in [5, 5.41) is 0. The molecule has 1 atom stereocenters. The van der Waals surface area contributed by atoms with Crippen LogP contribution in [0.3, 0.4) is 0 Å². The largest absolute Gasteiger partial charge is 0.417 e. The Hall–Kier alpha value is -0.490. The maximum Gasteiger partial charge on any atom is 0.417 e. The number of halogens is 3. The third-order valence-electron chi connectivity index (χ3n) is 1.81. The SMILES string of the molecule is CSc1ccc(S(C)=O)cc1C(F)(F)F. The van der Waals surface area contributed by atoms with Crippen LogP contribution in [0.2, 0.25) is 0 Å². The third kappa shape index (κ3) is 2.98. The van der Waals surface area contributed by atoms with Gasteiger partial charge in [-0.15, -0.1) is 11.8 Å². The van der Waals surface area contributed by atoms with E-state index in [2.05, 4.69) is 0 Å². The van der Waals surface area contributed by atoms with Gasteiger partial charge in [0.15, 0.2) is 0 Å². The minimum Gasteiger partial charge on any atom is -0.255 e.